The molecule has 1 N–H and O–H groups in total. The third-order valence-corrected chi connectivity index (χ3v) is 2.09. The van der Waals surface area contributed by atoms with Crippen LogP contribution in [-0.2, 0) is 0 Å². The van der Waals surface area contributed by atoms with Crippen molar-refractivity contribution >= 4 is 17.3 Å². The zero-order valence-corrected chi connectivity index (χ0v) is 9.25. The number of halogens is 1. The smallest absolute Gasteiger partial charge is 0.145 e. The van der Waals surface area contributed by atoms with Gasteiger partial charge in [0.2, 0.25) is 0 Å². The number of hydrogen-bond donors (Lipinski definition) is 1. The number of methoxy groups -OCH3 is 1. The van der Waals surface area contributed by atoms with Crippen molar-refractivity contribution in [3.8, 4) is 17.9 Å². The minimum atomic E-state index is -0.00563. The van der Waals surface area contributed by atoms with E-state index in [0.29, 0.717) is 16.5 Å². The summed E-state index contributed by atoms with van der Waals surface area (Å²) in [4.78, 5) is 0. The molecule has 0 fully saturated rings. The maximum Gasteiger partial charge on any atom is 0.145 e. The van der Waals surface area contributed by atoms with Gasteiger partial charge in [-0.1, -0.05) is 11.6 Å². The highest BCUT2D eigenvalue weighted by molar-refractivity contribution is 6.32. The number of benzene rings is 1. The third kappa shape index (κ3) is 2.91. The Morgan fingerprint density at radius 3 is 2.69 bits per heavy atom. The number of anilines is 1. The molecule has 1 rings (SSSR count). The van der Waals surface area contributed by atoms with E-state index in [-0.39, 0.29) is 5.57 Å². The van der Waals surface area contributed by atoms with Crippen LogP contribution in [0.5, 0.6) is 5.75 Å². The minimum Gasteiger partial charge on any atom is -0.495 e. The van der Waals surface area contributed by atoms with Crippen molar-refractivity contribution in [3.05, 3.63) is 35.0 Å². The molecule has 5 heteroatoms. The molecule has 0 bridgehead atoms. The predicted molar refractivity (Wildman–Crippen MR) is 60.9 cm³/mol. The molecule has 0 unspecified atom stereocenters. The van der Waals surface area contributed by atoms with Crippen molar-refractivity contribution in [1.82, 2.24) is 0 Å². The van der Waals surface area contributed by atoms with E-state index in [9.17, 15) is 0 Å². The van der Waals surface area contributed by atoms with E-state index < -0.39 is 0 Å². The van der Waals surface area contributed by atoms with Crippen molar-refractivity contribution in [2.24, 2.45) is 0 Å². The summed E-state index contributed by atoms with van der Waals surface area (Å²) in [6.07, 6.45) is 1.32. The van der Waals surface area contributed by atoms with Crippen LogP contribution < -0.4 is 10.1 Å². The second-order valence-corrected chi connectivity index (χ2v) is 3.18. The average Bonchev–Trinajstić information content (AvgIpc) is 2.32. The summed E-state index contributed by atoms with van der Waals surface area (Å²) in [5.74, 6) is 0.524. The molecule has 0 heterocycles. The first-order valence-corrected chi connectivity index (χ1v) is 4.69. The van der Waals surface area contributed by atoms with Gasteiger partial charge >= 0.3 is 0 Å². The zero-order chi connectivity index (χ0) is 12.0. The fraction of sp³-hybridized carbons (Fsp3) is 0.0909. The molecule has 0 saturated heterocycles. The molecule has 0 aliphatic carbocycles. The van der Waals surface area contributed by atoms with Crippen LogP contribution in [0.25, 0.3) is 0 Å². The van der Waals surface area contributed by atoms with E-state index in [1.54, 1.807) is 30.3 Å². The van der Waals surface area contributed by atoms with Gasteiger partial charge in [-0.05, 0) is 12.1 Å². The van der Waals surface area contributed by atoms with E-state index in [0.717, 1.165) is 0 Å². The van der Waals surface area contributed by atoms with Gasteiger partial charge in [0.15, 0.2) is 0 Å². The number of allylic oxidation sites excluding steroid dienone is 1. The molecule has 0 aliphatic rings. The Hall–Kier alpha value is -2.17. The maximum atomic E-state index is 8.52. The van der Waals surface area contributed by atoms with Gasteiger partial charge in [0.1, 0.15) is 23.5 Å². The van der Waals surface area contributed by atoms with E-state index in [1.165, 1.54) is 13.3 Å². The van der Waals surface area contributed by atoms with Crippen LogP contribution >= 0.6 is 11.6 Å². The summed E-state index contributed by atoms with van der Waals surface area (Å²) in [5, 5.41) is 20.3. The minimum absolute atomic E-state index is 0.00563. The Morgan fingerprint density at radius 1 is 1.44 bits per heavy atom. The molecule has 80 valence electrons. The molecular formula is C11H8ClN3O. The number of nitrogens with one attached hydrogen (secondary N) is 1. The largest absolute Gasteiger partial charge is 0.495 e. The fourth-order valence-corrected chi connectivity index (χ4v) is 1.19. The van der Waals surface area contributed by atoms with Crippen LogP contribution in [0, 0.1) is 22.7 Å². The molecule has 0 aromatic heterocycles. The zero-order valence-electron chi connectivity index (χ0n) is 8.49. The number of nitrogens with zero attached hydrogens (tertiary/aromatic N) is 2. The van der Waals surface area contributed by atoms with Gasteiger partial charge in [0, 0.05) is 18.0 Å². The monoisotopic (exact) mass is 233 g/mol. The highest BCUT2D eigenvalue weighted by Gasteiger charge is 2.01. The summed E-state index contributed by atoms with van der Waals surface area (Å²) in [5.41, 5.74) is 0.679. The van der Waals surface area contributed by atoms with Crippen LogP contribution in [0.4, 0.5) is 5.69 Å². The Labute approximate surface area is 98.3 Å². The molecule has 16 heavy (non-hydrogen) atoms. The molecule has 0 atom stereocenters. The summed E-state index contributed by atoms with van der Waals surface area (Å²) >= 11 is 5.84. The van der Waals surface area contributed by atoms with Crippen molar-refractivity contribution in [3.63, 3.8) is 0 Å². The van der Waals surface area contributed by atoms with Gasteiger partial charge in [-0.25, -0.2) is 0 Å². The van der Waals surface area contributed by atoms with Crippen LogP contribution in [0.3, 0.4) is 0 Å². The van der Waals surface area contributed by atoms with Gasteiger partial charge in [0.05, 0.1) is 12.1 Å². The van der Waals surface area contributed by atoms with E-state index in [2.05, 4.69) is 5.32 Å². The highest BCUT2D eigenvalue weighted by atomic mass is 35.5. The van der Waals surface area contributed by atoms with Crippen LogP contribution in [0.15, 0.2) is 30.0 Å². The normalized spacial score (nSPS) is 8.50. The molecule has 0 amide bonds. The molecule has 1 aromatic carbocycles. The average molecular weight is 234 g/mol. The number of rotatable bonds is 3. The summed E-state index contributed by atoms with van der Waals surface area (Å²) in [7, 11) is 1.51. The van der Waals surface area contributed by atoms with Gasteiger partial charge in [-0.3, -0.25) is 0 Å². The van der Waals surface area contributed by atoms with Crippen LogP contribution in [0.1, 0.15) is 0 Å². The van der Waals surface area contributed by atoms with Gasteiger partial charge in [-0.15, -0.1) is 0 Å². The first-order valence-electron chi connectivity index (χ1n) is 4.31. The summed E-state index contributed by atoms with van der Waals surface area (Å²) in [6, 6.07) is 8.53. The van der Waals surface area contributed by atoms with Gasteiger partial charge in [0.25, 0.3) is 0 Å². The van der Waals surface area contributed by atoms with E-state index >= 15 is 0 Å². The van der Waals surface area contributed by atoms with Crippen molar-refractivity contribution in [2.75, 3.05) is 12.4 Å². The van der Waals surface area contributed by atoms with Crippen LogP contribution in [0.2, 0.25) is 5.02 Å². The second kappa shape index (κ2) is 5.65. The summed E-state index contributed by atoms with van der Waals surface area (Å²) in [6.45, 7) is 0. The lowest BCUT2D eigenvalue weighted by Crippen LogP contribution is -1.91. The lowest BCUT2D eigenvalue weighted by atomic mass is 10.3. The van der Waals surface area contributed by atoms with Crippen molar-refractivity contribution in [2.45, 2.75) is 0 Å². The predicted octanol–water partition coefficient (Wildman–Crippen LogP) is 2.69. The molecule has 0 spiro atoms. The first kappa shape index (κ1) is 11.9. The molecular weight excluding hydrogens is 226 g/mol. The highest BCUT2D eigenvalue weighted by Crippen LogP contribution is 2.27. The molecule has 0 saturated carbocycles. The number of ether oxygens (including phenoxy) is 1. The number of hydrogen-bond acceptors (Lipinski definition) is 4. The van der Waals surface area contributed by atoms with Crippen molar-refractivity contribution in [1.29, 1.82) is 10.5 Å². The molecule has 4 nitrogen and oxygen atoms in total. The molecule has 0 aliphatic heterocycles. The van der Waals surface area contributed by atoms with Crippen LogP contribution in [-0.4, -0.2) is 7.11 Å². The Bertz CT molecular complexity index is 481. The Morgan fingerprint density at radius 2 is 2.12 bits per heavy atom. The van der Waals surface area contributed by atoms with E-state index in [4.69, 9.17) is 26.9 Å². The topological polar surface area (TPSA) is 68.8 Å². The Kier molecular flexibility index (Phi) is 4.20. The quantitative estimate of drug-likeness (QED) is 0.815. The third-order valence-electron chi connectivity index (χ3n) is 1.78. The SMILES string of the molecule is COc1cc(NC=C(C#N)C#N)ccc1Cl. The number of nitriles is 2. The maximum absolute atomic E-state index is 8.52. The van der Waals surface area contributed by atoms with Crippen molar-refractivity contribution < 1.29 is 4.74 Å². The lowest BCUT2D eigenvalue weighted by molar-refractivity contribution is 0.415. The van der Waals surface area contributed by atoms with Gasteiger partial charge in [-0.2, -0.15) is 10.5 Å². The van der Waals surface area contributed by atoms with Gasteiger partial charge < -0.3 is 10.1 Å². The fourth-order valence-electron chi connectivity index (χ4n) is 0.995. The lowest BCUT2D eigenvalue weighted by Gasteiger charge is -2.05. The Balaban J connectivity index is 2.88. The second-order valence-electron chi connectivity index (χ2n) is 2.78. The first-order chi connectivity index (χ1) is 7.71. The molecule has 1 aromatic rings. The molecule has 0 radical (unpaired) electrons. The van der Waals surface area contributed by atoms with E-state index in [1.807, 2.05) is 0 Å². The summed E-state index contributed by atoms with van der Waals surface area (Å²) < 4.78 is 5.02. The standard InChI is InChI=1S/C11H8ClN3O/c1-16-11-4-9(2-3-10(11)12)15-7-8(5-13)6-14/h2-4,7,15H,1H3.